The van der Waals surface area contributed by atoms with Gasteiger partial charge in [0.25, 0.3) is 5.91 Å². The average Bonchev–Trinajstić information content (AvgIpc) is 3.25. The fraction of sp³-hybridized carbons (Fsp3) is 0.524. The van der Waals surface area contributed by atoms with Crippen LogP contribution in [0.5, 0.6) is 5.75 Å². The molecule has 1 saturated heterocycles. The first-order chi connectivity index (χ1) is 13.2. The van der Waals surface area contributed by atoms with Crippen LogP contribution < -0.4 is 4.74 Å². The van der Waals surface area contributed by atoms with Gasteiger partial charge in [-0.2, -0.15) is 0 Å². The fourth-order valence-electron chi connectivity index (χ4n) is 3.82. The van der Waals surface area contributed by atoms with Gasteiger partial charge in [0, 0.05) is 38.6 Å². The molecule has 2 heterocycles. The van der Waals surface area contributed by atoms with Gasteiger partial charge in [-0.3, -0.25) is 4.79 Å². The second kappa shape index (κ2) is 9.55. The topological polar surface area (TPSA) is 61.5 Å². The number of likely N-dealkylation sites (tertiary alicyclic amines) is 1. The van der Waals surface area contributed by atoms with E-state index in [-0.39, 0.29) is 5.91 Å². The van der Waals surface area contributed by atoms with Crippen LogP contribution in [0.4, 0.5) is 0 Å². The van der Waals surface area contributed by atoms with Gasteiger partial charge in [-0.15, -0.1) is 0 Å². The quantitative estimate of drug-likeness (QED) is 0.776. The van der Waals surface area contributed by atoms with Crippen molar-refractivity contribution in [1.82, 2.24) is 19.8 Å². The molecule has 1 atom stereocenters. The molecule has 6 nitrogen and oxygen atoms in total. The number of nitrogens with zero attached hydrogens (tertiary/aromatic N) is 3. The van der Waals surface area contributed by atoms with Gasteiger partial charge < -0.3 is 19.5 Å². The summed E-state index contributed by atoms with van der Waals surface area (Å²) in [6, 6.07) is 8.30. The third-order valence-electron chi connectivity index (χ3n) is 5.30. The molecule has 3 rings (SSSR count). The van der Waals surface area contributed by atoms with Crippen LogP contribution in [0.3, 0.4) is 0 Å². The highest BCUT2D eigenvalue weighted by Gasteiger charge is 2.25. The summed E-state index contributed by atoms with van der Waals surface area (Å²) in [5.41, 5.74) is 1.31. The van der Waals surface area contributed by atoms with Crippen LogP contribution in [0.25, 0.3) is 0 Å². The number of rotatable bonds is 8. The van der Waals surface area contributed by atoms with Crippen LogP contribution >= 0.6 is 0 Å². The minimum atomic E-state index is -0.00370. The Morgan fingerprint density at radius 2 is 2.33 bits per heavy atom. The van der Waals surface area contributed by atoms with Gasteiger partial charge in [0.05, 0.1) is 7.11 Å². The van der Waals surface area contributed by atoms with Crippen molar-refractivity contribution >= 4 is 5.91 Å². The summed E-state index contributed by atoms with van der Waals surface area (Å²) in [6.45, 7) is 6.77. The Balaban J connectivity index is 1.51. The standard InChI is InChI=1S/C21H30N4O2/c1-3-25(21(26)20-22-10-11-23-20)16-18-7-5-12-24(15-18)13-9-17-6-4-8-19(14-17)27-2/h4,6,8,10-11,14,18H,3,5,7,9,12-13,15-16H2,1-2H3,(H,22,23)/t18-/m1/s1. The number of methoxy groups -OCH3 is 1. The maximum absolute atomic E-state index is 12.6. The lowest BCUT2D eigenvalue weighted by atomic mass is 9.96. The smallest absolute Gasteiger partial charge is 0.289 e. The third-order valence-corrected chi connectivity index (χ3v) is 5.30. The van der Waals surface area contributed by atoms with Crippen molar-refractivity contribution in [2.75, 3.05) is 39.8 Å². The summed E-state index contributed by atoms with van der Waals surface area (Å²) < 4.78 is 5.31. The molecule has 1 N–H and O–H groups in total. The number of H-pyrrole nitrogens is 1. The van der Waals surface area contributed by atoms with Crippen molar-refractivity contribution in [3.8, 4) is 5.75 Å². The Labute approximate surface area is 161 Å². The number of nitrogens with one attached hydrogen (secondary N) is 1. The summed E-state index contributed by atoms with van der Waals surface area (Å²) in [5.74, 6) is 1.86. The molecule has 1 fully saturated rings. The van der Waals surface area contributed by atoms with E-state index in [0.29, 0.717) is 18.3 Å². The monoisotopic (exact) mass is 370 g/mol. The number of hydrogen-bond donors (Lipinski definition) is 1. The zero-order chi connectivity index (χ0) is 19.1. The van der Waals surface area contributed by atoms with Crippen molar-refractivity contribution in [2.45, 2.75) is 26.2 Å². The normalized spacial score (nSPS) is 17.6. The molecule has 0 bridgehead atoms. The van der Waals surface area contributed by atoms with E-state index in [1.54, 1.807) is 19.5 Å². The van der Waals surface area contributed by atoms with Crippen LogP contribution in [0.15, 0.2) is 36.7 Å². The lowest BCUT2D eigenvalue weighted by Crippen LogP contribution is -2.43. The van der Waals surface area contributed by atoms with Crippen LogP contribution in [-0.2, 0) is 6.42 Å². The average molecular weight is 370 g/mol. The number of piperidine rings is 1. The highest BCUT2D eigenvalue weighted by molar-refractivity contribution is 5.90. The summed E-state index contributed by atoms with van der Waals surface area (Å²) in [5, 5.41) is 0. The minimum Gasteiger partial charge on any atom is -0.497 e. The van der Waals surface area contributed by atoms with Crippen molar-refractivity contribution in [1.29, 1.82) is 0 Å². The molecule has 2 aromatic rings. The highest BCUT2D eigenvalue weighted by Crippen LogP contribution is 2.20. The number of aromatic amines is 1. The molecule has 0 radical (unpaired) electrons. The fourth-order valence-corrected chi connectivity index (χ4v) is 3.82. The van der Waals surface area contributed by atoms with Crippen molar-refractivity contribution in [2.24, 2.45) is 5.92 Å². The Hall–Kier alpha value is -2.34. The first kappa shape index (κ1) is 19.4. The second-order valence-electron chi connectivity index (χ2n) is 7.19. The van der Waals surface area contributed by atoms with E-state index in [2.05, 4.69) is 27.0 Å². The van der Waals surface area contributed by atoms with Gasteiger partial charge in [0.1, 0.15) is 5.75 Å². The summed E-state index contributed by atoms with van der Waals surface area (Å²) in [6.07, 6.45) is 6.71. The van der Waals surface area contributed by atoms with E-state index in [1.807, 2.05) is 24.0 Å². The van der Waals surface area contributed by atoms with Gasteiger partial charge in [0.15, 0.2) is 5.82 Å². The molecule has 0 saturated carbocycles. The number of carbonyl (C=O) groups is 1. The van der Waals surface area contributed by atoms with E-state index < -0.39 is 0 Å². The molecule has 0 aliphatic carbocycles. The maximum Gasteiger partial charge on any atom is 0.289 e. The highest BCUT2D eigenvalue weighted by atomic mass is 16.5. The van der Waals surface area contributed by atoms with Gasteiger partial charge in [0.2, 0.25) is 0 Å². The lowest BCUT2D eigenvalue weighted by Gasteiger charge is -2.35. The van der Waals surface area contributed by atoms with Crippen LogP contribution in [0.1, 0.15) is 35.9 Å². The van der Waals surface area contributed by atoms with Gasteiger partial charge in [-0.1, -0.05) is 12.1 Å². The Morgan fingerprint density at radius 1 is 1.44 bits per heavy atom. The third kappa shape index (κ3) is 5.32. The van der Waals surface area contributed by atoms with E-state index in [9.17, 15) is 4.79 Å². The minimum absolute atomic E-state index is 0.00370. The molecule has 6 heteroatoms. The van der Waals surface area contributed by atoms with E-state index >= 15 is 0 Å². The van der Waals surface area contributed by atoms with Gasteiger partial charge >= 0.3 is 0 Å². The summed E-state index contributed by atoms with van der Waals surface area (Å²) >= 11 is 0. The SMILES string of the molecule is CCN(C[C@@H]1CCCN(CCc2cccc(OC)c2)C1)C(=O)c1ncc[nH]1. The zero-order valence-corrected chi connectivity index (χ0v) is 16.4. The van der Waals surface area contributed by atoms with Crippen LogP contribution in [0.2, 0.25) is 0 Å². The zero-order valence-electron chi connectivity index (χ0n) is 16.4. The Kier molecular flexibility index (Phi) is 6.87. The number of benzene rings is 1. The van der Waals surface area contributed by atoms with Crippen molar-refractivity contribution in [3.63, 3.8) is 0 Å². The molecule has 1 aromatic heterocycles. The summed E-state index contributed by atoms with van der Waals surface area (Å²) in [7, 11) is 1.71. The van der Waals surface area contributed by atoms with Gasteiger partial charge in [-0.25, -0.2) is 4.98 Å². The number of amides is 1. The molecule has 0 spiro atoms. The predicted molar refractivity (Wildman–Crippen MR) is 106 cm³/mol. The van der Waals surface area contributed by atoms with Crippen molar-refractivity contribution < 1.29 is 9.53 Å². The molecule has 1 amide bonds. The molecule has 1 aromatic carbocycles. The van der Waals surface area contributed by atoms with Crippen LogP contribution in [0, 0.1) is 5.92 Å². The summed E-state index contributed by atoms with van der Waals surface area (Å²) in [4.78, 5) is 24.0. The van der Waals surface area contributed by atoms with Crippen LogP contribution in [-0.4, -0.2) is 65.5 Å². The number of carbonyl (C=O) groups excluding carboxylic acids is 1. The lowest BCUT2D eigenvalue weighted by molar-refractivity contribution is 0.0680. The number of aromatic nitrogens is 2. The molecule has 1 aliphatic rings. The predicted octanol–water partition coefficient (Wildman–Crippen LogP) is 2.84. The molecule has 146 valence electrons. The number of imidazole rings is 1. The molecular weight excluding hydrogens is 340 g/mol. The van der Waals surface area contributed by atoms with E-state index in [4.69, 9.17) is 4.74 Å². The first-order valence-corrected chi connectivity index (χ1v) is 9.83. The number of hydrogen-bond acceptors (Lipinski definition) is 4. The first-order valence-electron chi connectivity index (χ1n) is 9.83. The van der Waals surface area contributed by atoms with E-state index in [1.165, 1.54) is 18.4 Å². The molecule has 1 aliphatic heterocycles. The molecule has 27 heavy (non-hydrogen) atoms. The molecule has 0 unspecified atom stereocenters. The Bertz CT molecular complexity index is 717. The molecular formula is C21H30N4O2. The second-order valence-corrected chi connectivity index (χ2v) is 7.19. The van der Waals surface area contributed by atoms with Gasteiger partial charge in [-0.05, 0) is 56.3 Å². The maximum atomic E-state index is 12.6. The van der Waals surface area contributed by atoms with Crippen molar-refractivity contribution in [3.05, 3.63) is 48.0 Å². The van der Waals surface area contributed by atoms with E-state index in [0.717, 1.165) is 38.3 Å². The largest absolute Gasteiger partial charge is 0.497 e. The number of ether oxygens (including phenoxy) is 1. The Morgan fingerprint density at radius 3 is 3.07 bits per heavy atom.